The molecule has 0 saturated carbocycles. The number of rotatable bonds is 6. The van der Waals surface area contributed by atoms with Crippen LogP contribution >= 0.6 is 12.6 Å². The fraction of sp³-hybridized carbons (Fsp3) is 0.778. The molecular weight excluding hydrogens is 218 g/mol. The first-order valence-electron chi connectivity index (χ1n) is 4.90. The van der Waals surface area contributed by atoms with Crippen LogP contribution in [0.3, 0.4) is 0 Å². The van der Waals surface area contributed by atoms with Gasteiger partial charge in [0.1, 0.15) is 12.6 Å². The maximum atomic E-state index is 11.1. The summed E-state index contributed by atoms with van der Waals surface area (Å²) in [5, 5.41) is 10.2. The van der Waals surface area contributed by atoms with Gasteiger partial charge in [-0.15, -0.1) is 0 Å². The number of Topliss-reactive ketones (excluding diaryl/α,β-unsaturated/α-hetero) is 1. The lowest BCUT2D eigenvalue weighted by molar-refractivity contribution is -0.188. The third-order valence-corrected chi connectivity index (χ3v) is 2.49. The Balaban J connectivity index is 2.31. The molecule has 0 aromatic heterocycles. The predicted octanol–water partition coefficient (Wildman–Crippen LogP) is 0.356. The molecule has 1 heterocycles. The SMILES string of the molecule is O=C(CCS)CON1CCC[C@H]1C(=O)O. The molecule has 6 heteroatoms. The van der Waals surface area contributed by atoms with Crippen molar-refractivity contribution in [3.8, 4) is 0 Å². The second-order valence-corrected chi connectivity index (χ2v) is 3.87. The van der Waals surface area contributed by atoms with Crippen molar-refractivity contribution >= 4 is 24.4 Å². The molecule has 1 saturated heterocycles. The minimum atomic E-state index is -0.894. The number of nitrogens with zero attached hydrogens (tertiary/aromatic N) is 1. The summed E-state index contributed by atoms with van der Waals surface area (Å²) >= 11 is 3.93. The standard InChI is InChI=1S/C9H15NO4S/c11-7(3-5-15)6-14-10-4-1-2-8(10)9(12)13/h8,15H,1-6H2,(H,12,13)/t8-/m0/s1. The second kappa shape index (κ2) is 6.09. The van der Waals surface area contributed by atoms with Crippen LogP contribution in [0.15, 0.2) is 0 Å². The van der Waals surface area contributed by atoms with Crippen molar-refractivity contribution in [1.29, 1.82) is 0 Å². The lowest BCUT2D eigenvalue weighted by atomic mass is 10.2. The monoisotopic (exact) mass is 233 g/mol. The van der Waals surface area contributed by atoms with Gasteiger partial charge in [0.05, 0.1) is 0 Å². The van der Waals surface area contributed by atoms with Crippen LogP contribution in [0.4, 0.5) is 0 Å². The largest absolute Gasteiger partial charge is 0.480 e. The second-order valence-electron chi connectivity index (χ2n) is 3.42. The van der Waals surface area contributed by atoms with Gasteiger partial charge in [0.15, 0.2) is 5.78 Å². The molecule has 86 valence electrons. The maximum Gasteiger partial charge on any atom is 0.323 e. The van der Waals surface area contributed by atoms with E-state index in [1.807, 2.05) is 0 Å². The van der Waals surface area contributed by atoms with E-state index in [1.54, 1.807) is 0 Å². The van der Waals surface area contributed by atoms with E-state index in [9.17, 15) is 9.59 Å². The molecule has 15 heavy (non-hydrogen) atoms. The summed E-state index contributed by atoms with van der Waals surface area (Å²) in [7, 11) is 0. The molecule has 0 amide bonds. The van der Waals surface area contributed by atoms with Crippen molar-refractivity contribution in [2.45, 2.75) is 25.3 Å². The summed E-state index contributed by atoms with van der Waals surface area (Å²) in [6, 6.07) is -0.603. The number of carboxylic acids is 1. The molecule has 1 fully saturated rings. The lowest BCUT2D eigenvalue weighted by Crippen LogP contribution is -2.37. The molecule has 0 unspecified atom stereocenters. The van der Waals surface area contributed by atoms with Gasteiger partial charge in [-0.3, -0.25) is 14.4 Å². The van der Waals surface area contributed by atoms with Crippen LogP contribution in [0.2, 0.25) is 0 Å². The molecule has 5 nitrogen and oxygen atoms in total. The highest BCUT2D eigenvalue weighted by Crippen LogP contribution is 2.17. The minimum absolute atomic E-state index is 0.0513. The number of hydrogen-bond donors (Lipinski definition) is 2. The Morgan fingerprint density at radius 3 is 2.87 bits per heavy atom. The first-order valence-corrected chi connectivity index (χ1v) is 5.53. The minimum Gasteiger partial charge on any atom is -0.480 e. The third-order valence-electron chi connectivity index (χ3n) is 2.27. The van der Waals surface area contributed by atoms with Crippen LogP contribution in [0, 0.1) is 0 Å². The normalized spacial score (nSPS) is 21.8. The highest BCUT2D eigenvalue weighted by atomic mass is 32.1. The average molecular weight is 233 g/mol. The van der Waals surface area contributed by atoms with Gasteiger partial charge in [0.2, 0.25) is 0 Å². The summed E-state index contributed by atoms with van der Waals surface area (Å²) in [5.41, 5.74) is 0. The number of carboxylic acid groups (broad SMARTS) is 1. The van der Waals surface area contributed by atoms with E-state index in [2.05, 4.69) is 12.6 Å². The molecule has 0 aliphatic carbocycles. The number of hydroxylamine groups is 2. The van der Waals surface area contributed by atoms with Crippen LogP contribution in [0.5, 0.6) is 0 Å². The first kappa shape index (κ1) is 12.5. The smallest absolute Gasteiger partial charge is 0.323 e. The van der Waals surface area contributed by atoms with Gasteiger partial charge in [-0.25, -0.2) is 0 Å². The van der Waals surface area contributed by atoms with E-state index in [0.29, 0.717) is 25.1 Å². The van der Waals surface area contributed by atoms with Crippen molar-refractivity contribution < 1.29 is 19.5 Å². The molecule has 1 rings (SSSR count). The third kappa shape index (κ3) is 3.81. The molecule has 0 spiro atoms. The Morgan fingerprint density at radius 1 is 1.53 bits per heavy atom. The lowest BCUT2D eigenvalue weighted by Gasteiger charge is -2.19. The summed E-state index contributed by atoms with van der Waals surface area (Å²) < 4.78 is 0. The van der Waals surface area contributed by atoms with Crippen LogP contribution in [0.25, 0.3) is 0 Å². The Morgan fingerprint density at radius 2 is 2.27 bits per heavy atom. The Kier molecular flexibility index (Phi) is 5.07. The molecule has 1 N–H and O–H groups in total. The van der Waals surface area contributed by atoms with Gasteiger partial charge in [0, 0.05) is 13.0 Å². The van der Waals surface area contributed by atoms with Crippen LogP contribution in [-0.4, -0.2) is 46.9 Å². The van der Waals surface area contributed by atoms with Gasteiger partial charge in [-0.1, -0.05) is 0 Å². The molecular formula is C9H15NO4S. The number of hydrogen-bond acceptors (Lipinski definition) is 5. The Bertz CT molecular complexity index is 246. The van der Waals surface area contributed by atoms with E-state index in [1.165, 1.54) is 5.06 Å². The number of aliphatic carboxylic acids is 1. The highest BCUT2D eigenvalue weighted by Gasteiger charge is 2.31. The molecule has 0 bridgehead atoms. The Hall–Kier alpha value is -0.590. The average Bonchev–Trinajstić information content (AvgIpc) is 2.63. The zero-order valence-electron chi connectivity index (χ0n) is 8.39. The van der Waals surface area contributed by atoms with Gasteiger partial charge in [-0.05, 0) is 18.6 Å². The van der Waals surface area contributed by atoms with Crippen molar-refractivity contribution in [3.05, 3.63) is 0 Å². The molecule has 0 aromatic rings. The van der Waals surface area contributed by atoms with E-state index in [4.69, 9.17) is 9.94 Å². The topological polar surface area (TPSA) is 66.8 Å². The number of thiol groups is 1. The number of carbonyl (C=O) groups is 2. The van der Waals surface area contributed by atoms with Gasteiger partial charge in [-0.2, -0.15) is 17.7 Å². The quantitative estimate of drug-likeness (QED) is 0.648. The fourth-order valence-electron chi connectivity index (χ4n) is 1.49. The van der Waals surface area contributed by atoms with Gasteiger partial charge >= 0.3 is 5.97 Å². The summed E-state index contributed by atoms with van der Waals surface area (Å²) in [5.74, 6) is -0.458. The zero-order valence-corrected chi connectivity index (χ0v) is 9.28. The van der Waals surface area contributed by atoms with Gasteiger partial charge < -0.3 is 5.11 Å². The summed E-state index contributed by atoms with van der Waals surface area (Å²) in [4.78, 5) is 27.1. The molecule has 1 aliphatic heterocycles. The van der Waals surface area contributed by atoms with Crippen molar-refractivity contribution in [3.63, 3.8) is 0 Å². The van der Waals surface area contributed by atoms with Gasteiger partial charge in [0.25, 0.3) is 0 Å². The van der Waals surface area contributed by atoms with Crippen LogP contribution < -0.4 is 0 Å². The number of carbonyl (C=O) groups excluding carboxylic acids is 1. The summed E-state index contributed by atoms with van der Waals surface area (Å²) in [6.07, 6.45) is 1.72. The first-order chi connectivity index (χ1) is 7.15. The maximum absolute atomic E-state index is 11.1. The fourth-order valence-corrected chi connectivity index (χ4v) is 1.74. The van der Waals surface area contributed by atoms with Crippen LogP contribution in [-0.2, 0) is 14.4 Å². The van der Waals surface area contributed by atoms with E-state index >= 15 is 0 Å². The van der Waals surface area contributed by atoms with Crippen molar-refractivity contribution in [2.75, 3.05) is 18.9 Å². The molecule has 0 aromatic carbocycles. The van der Waals surface area contributed by atoms with Crippen LogP contribution in [0.1, 0.15) is 19.3 Å². The van der Waals surface area contributed by atoms with E-state index in [-0.39, 0.29) is 12.4 Å². The van der Waals surface area contributed by atoms with Crippen molar-refractivity contribution in [2.24, 2.45) is 0 Å². The number of ketones is 1. The molecule has 1 aliphatic rings. The van der Waals surface area contributed by atoms with E-state index in [0.717, 1.165) is 6.42 Å². The predicted molar refractivity (Wildman–Crippen MR) is 56.8 cm³/mol. The Labute approximate surface area is 93.8 Å². The van der Waals surface area contributed by atoms with E-state index < -0.39 is 12.0 Å². The highest BCUT2D eigenvalue weighted by molar-refractivity contribution is 7.80. The van der Waals surface area contributed by atoms with Crippen molar-refractivity contribution in [1.82, 2.24) is 5.06 Å². The zero-order chi connectivity index (χ0) is 11.3. The molecule has 0 radical (unpaired) electrons. The summed E-state index contributed by atoms with van der Waals surface area (Å²) in [6.45, 7) is 0.523. The molecule has 1 atom stereocenters.